The molecule has 0 radical (unpaired) electrons. The molecule has 2 saturated heterocycles. The Bertz CT molecular complexity index is 1720. The highest BCUT2D eigenvalue weighted by Gasteiger charge is 2.70. The number of amides is 2. The van der Waals surface area contributed by atoms with Gasteiger partial charge in [0.2, 0.25) is 11.8 Å². The molecule has 0 unspecified atom stereocenters. The zero-order chi connectivity index (χ0) is 26.3. The number of carbonyl (C=O) groups excluding carboxylic acids is 2. The molecule has 7 nitrogen and oxygen atoms in total. The number of hydrogen-bond acceptors (Lipinski definition) is 5. The Morgan fingerprint density at radius 2 is 1.58 bits per heavy atom. The van der Waals surface area contributed by atoms with E-state index in [2.05, 4.69) is 19.2 Å². The predicted molar refractivity (Wildman–Crippen MR) is 145 cm³/mol. The SMILES string of the molecule is CCc1ccccc1N1C(=O)[C@H]2[C@H](C(C)C)N[C@@]3(c4ccccc4-n4c3nc3ccccc3c4=O)[C@H]2C1=O. The number of aryl methyl sites for hydroxylation is 1. The highest BCUT2D eigenvalue weighted by atomic mass is 16.2. The minimum atomic E-state index is -1.11. The van der Waals surface area contributed by atoms with Gasteiger partial charge in [-0.05, 0) is 42.2 Å². The third-order valence-electron chi connectivity index (χ3n) is 8.63. The summed E-state index contributed by atoms with van der Waals surface area (Å²) in [6.07, 6.45) is 0.703. The first-order valence-corrected chi connectivity index (χ1v) is 13.3. The normalized spacial score (nSPS) is 25.5. The molecule has 0 saturated carbocycles. The smallest absolute Gasteiger partial charge is 0.266 e. The lowest BCUT2D eigenvalue weighted by Gasteiger charge is -2.32. The van der Waals surface area contributed by atoms with Crippen molar-refractivity contribution in [2.75, 3.05) is 4.90 Å². The quantitative estimate of drug-likeness (QED) is 0.428. The topological polar surface area (TPSA) is 84.3 Å². The standard InChI is InChI=1S/C31H28N4O3/c1-4-18-11-5-9-15-22(18)34-28(37)24-25(29(34)38)31(33-26(24)17(2)3)20-13-7-10-16-23(20)35-27(36)19-12-6-8-14-21(19)32-30(31)35/h5-17,24-26,33H,4H2,1-3H3/t24-,25-,26+,31+/m1/s1. The molecule has 4 heterocycles. The molecule has 1 aromatic heterocycles. The van der Waals surface area contributed by atoms with Gasteiger partial charge in [-0.25, -0.2) is 9.88 Å². The van der Waals surface area contributed by atoms with E-state index >= 15 is 0 Å². The number of nitrogens with one attached hydrogen (secondary N) is 1. The first-order chi connectivity index (χ1) is 18.4. The maximum Gasteiger partial charge on any atom is 0.266 e. The second kappa shape index (κ2) is 7.95. The van der Waals surface area contributed by atoms with Crippen molar-refractivity contribution in [2.45, 2.75) is 38.8 Å². The van der Waals surface area contributed by atoms with Crippen LogP contribution in [0.25, 0.3) is 16.6 Å². The summed E-state index contributed by atoms with van der Waals surface area (Å²) in [4.78, 5) is 49.0. The third-order valence-corrected chi connectivity index (χ3v) is 8.63. The molecule has 3 aliphatic heterocycles. The minimum absolute atomic E-state index is 0.0633. The highest BCUT2D eigenvalue weighted by Crippen LogP contribution is 2.56. The van der Waals surface area contributed by atoms with Gasteiger partial charge in [-0.15, -0.1) is 0 Å². The van der Waals surface area contributed by atoms with Crippen molar-refractivity contribution < 1.29 is 9.59 Å². The minimum Gasteiger partial charge on any atom is -0.296 e. The van der Waals surface area contributed by atoms with E-state index < -0.39 is 17.4 Å². The van der Waals surface area contributed by atoms with E-state index in [1.807, 2.05) is 73.7 Å². The lowest BCUT2D eigenvalue weighted by atomic mass is 9.75. The molecule has 3 aromatic carbocycles. The number of imide groups is 1. The third kappa shape index (κ3) is 2.72. The maximum atomic E-state index is 14.5. The summed E-state index contributed by atoms with van der Waals surface area (Å²) in [5.74, 6) is -1.23. The average molecular weight is 505 g/mol. The summed E-state index contributed by atoms with van der Waals surface area (Å²) >= 11 is 0. The Labute approximate surface area is 220 Å². The van der Waals surface area contributed by atoms with Crippen LogP contribution in [0.2, 0.25) is 0 Å². The Kier molecular flexibility index (Phi) is 4.82. The molecule has 38 heavy (non-hydrogen) atoms. The maximum absolute atomic E-state index is 14.5. The van der Waals surface area contributed by atoms with Crippen molar-refractivity contribution in [3.05, 3.63) is 100 Å². The number of nitrogens with zero attached hydrogens (tertiary/aromatic N) is 3. The monoisotopic (exact) mass is 504 g/mol. The molecule has 4 atom stereocenters. The summed E-state index contributed by atoms with van der Waals surface area (Å²) < 4.78 is 1.64. The van der Waals surface area contributed by atoms with E-state index in [9.17, 15) is 14.4 Å². The van der Waals surface area contributed by atoms with Crippen LogP contribution in [0.1, 0.15) is 37.7 Å². The van der Waals surface area contributed by atoms with Gasteiger partial charge in [0.1, 0.15) is 11.4 Å². The summed E-state index contributed by atoms with van der Waals surface area (Å²) in [5.41, 5.74) is 2.40. The van der Waals surface area contributed by atoms with Crippen LogP contribution in [0.4, 0.5) is 5.69 Å². The molecule has 4 aromatic rings. The number of hydrogen-bond donors (Lipinski definition) is 1. The molecule has 190 valence electrons. The fourth-order valence-electron chi connectivity index (χ4n) is 6.99. The molecule has 1 N–H and O–H groups in total. The van der Waals surface area contributed by atoms with Crippen molar-refractivity contribution in [1.82, 2.24) is 14.9 Å². The number of para-hydroxylation sites is 3. The van der Waals surface area contributed by atoms with Crippen LogP contribution in [-0.4, -0.2) is 27.4 Å². The van der Waals surface area contributed by atoms with E-state index in [1.165, 1.54) is 4.90 Å². The largest absolute Gasteiger partial charge is 0.296 e. The molecular formula is C31H28N4O3. The van der Waals surface area contributed by atoms with Crippen LogP contribution < -0.4 is 15.8 Å². The van der Waals surface area contributed by atoms with Gasteiger partial charge < -0.3 is 0 Å². The lowest BCUT2D eigenvalue weighted by molar-refractivity contribution is -0.123. The van der Waals surface area contributed by atoms with Crippen LogP contribution in [0.15, 0.2) is 77.6 Å². The Morgan fingerprint density at radius 1 is 0.895 bits per heavy atom. The zero-order valence-electron chi connectivity index (χ0n) is 21.5. The van der Waals surface area contributed by atoms with Gasteiger partial charge in [0.25, 0.3) is 5.56 Å². The van der Waals surface area contributed by atoms with E-state index in [0.717, 1.165) is 11.1 Å². The zero-order valence-corrected chi connectivity index (χ0v) is 21.5. The van der Waals surface area contributed by atoms with Gasteiger partial charge in [-0.1, -0.05) is 69.3 Å². The van der Waals surface area contributed by atoms with Crippen molar-refractivity contribution in [3.63, 3.8) is 0 Å². The molecule has 1 spiro atoms. The molecule has 7 heteroatoms. The fourth-order valence-corrected chi connectivity index (χ4v) is 6.99. The van der Waals surface area contributed by atoms with Gasteiger partial charge in [-0.3, -0.25) is 24.3 Å². The average Bonchev–Trinajstić information content (AvgIpc) is 3.52. The van der Waals surface area contributed by atoms with Crippen molar-refractivity contribution in [1.29, 1.82) is 0 Å². The van der Waals surface area contributed by atoms with Gasteiger partial charge in [0.15, 0.2) is 0 Å². The number of rotatable bonds is 3. The van der Waals surface area contributed by atoms with Crippen molar-refractivity contribution in [2.24, 2.45) is 17.8 Å². The Balaban J connectivity index is 1.54. The second-order valence-corrected chi connectivity index (χ2v) is 10.8. The number of benzene rings is 3. The Hall–Kier alpha value is -4.10. The predicted octanol–water partition coefficient (Wildman–Crippen LogP) is 3.94. The summed E-state index contributed by atoms with van der Waals surface area (Å²) in [5, 5.41) is 4.26. The number of anilines is 1. The molecule has 2 amide bonds. The highest BCUT2D eigenvalue weighted by molar-refractivity contribution is 6.23. The first-order valence-electron chi connectivity index (χ1n) is 13.3. The van der Waals surface area contributed by atoms with Crippen LogP contribution in [0.5, 0.6) is 0 Å². The number of aromatic nitrogens is 2. The lowest BCUT2D eigenvalue weighted by Crippen LogP contribution is -2.51. The van der Waals surface area contributed by atoms with E-state index in [1.54, 1.807) is 10.6 Å². The molecule has 3 aliphatic rings. The van der Waals surface area contributed by atoms with Crippen LogP contribution in [-0.2, 0) is 21.5 Å². The first kappa shape index (κ1) is 23.0. The molecule has 0 aliphatic carbocycles. The molecular weight excluding hydrogens is 476 g/mol. The van der Waals surface area contributed by atoms with Gasteiger partial charge in [0.05, 0.1) is 34.1 Å². The van der Waals surface area contributed by atoms with E-state index in [4.69, 9.17) is 4.98 Å². The van der Waals surface area contributed by atoms with Crippen LogP contribution in [0, 0.1) is 17.8 Å². The van der Waals surface area contributed by atoms with Gasteiger partial charge in [0, 0.05) is 11.6 Å². The summed E-state index contributed by atoms with van der Waals surface area (Å²) in [7, 11) is 0. The van der Waals surface area contributed by atoms with Crippen molar-refractivity contribution >= 4 is 28.4 Å². The molecule has 2 fully saturated rings. The van der Waals surface area contributed by atoms with Crippen LogP contribution in [0.3, 0.4) is 0 Å². The number of fused-ring (bicyclic) bond motifs is 8. The van der Waals surface area contributed by atoms with E-state index in [-0.39, 0.29) is 29.3 Å². The fraction of sp³-hybridized carbons (Fsp3) is 0.290. The van der Waals surface area contributed by atoms with Crippen LogP contribution >= 0.6 is 0 Å². The summed E-state index contributed by atoms with van der Waals surface area (Å²) in [6.45, 7) is 6.15. The summed E-state index contributed by atoms with van der Waals surface area (Å²) in [6, 6.07) is 22.3. The van der Waals surface area contributed by atoms with E-state index in [0.29, 0.717) is 34.5 Å². The number of carbonyl (C=O) groups is 2. The molecule has 7 rings (SSSR count). The van der Waals surface area contributed by atoms with Crippen molar-refractivity contribution in [3.8, 4) is 5.69 Å². The molecule has 0 bridgehead atoms. The van der Waals surface area contributed by atoms with Gasteiger partial charge in [-0.2, -0.15) is 0 Å². The van der Waals surface area contributed by atoms with Gasteiger partial charge >= 0.3 is 0 Å². The Morgan fingerprint density at radius 3 is 2.34 bits per heavy atom. The second-order valence-electron chi connectivity index (χ2n) is 10.8.